The number of fused-ring (bicyclic) bond motifs is 2. The molecule has 0 radical (unpaired) electrons. The topological polar surface area (TPSA) is 0 Å². The number of hydrogen-bond acceptors (Lipinski definition) is 0. The first kappa shape index (κ1) is 38.8. The van der Waals surface area contributed by atoms with Gasteiger partial charge in [0, 0.05) is 0 Å². The standard InChI is InChI=1S/C38H53.C13H10.Zr/c1-11-17-27-23-29(36(5,6)7)24-28-25-31-34(33(27)28)30(18-12-2)32(19-13-3)38(22-14-4,37(8,9)10)35(31)26-20-15-16-21-26;1-3-7-12(8-4-1)11-13-9-5-2-6-10-13;/h15-16,20,23-24H,11-14,17-19,21-22H2,1-10H3;1-10H;. The van der Waals surface area contributed by atoms with E-state index in [0.717, 1.165) is 25.7 Å². The van der Waals surface area contributed by atoms with Crippen LogP contribution in [0.25, 0.3) is 8.85 Å². The summed E-state index contributed by atoms with van der Waals surface area (Å²) in [6.45, 7) is 24.6. The molecule has 0 aliphatic heterocycles. The molecule has 1 unspecified atom stereocenters. The number of rotatable bonds is 12. The predicted octanol–water partition coefficient (Wildman–Crippen LogP) is 12.5. The van der Waals surface area contributed by atoms with Gasteiger partial charge in [0.2, 0.25) is 0 Å². The first-order chi connectivity index (χ1) is 24.9. The van der Waals surface area contributed by atoms with Crippen LogP contribution in [0.1, 0.15) is 143 Å². The van der Waals surface area contributed by atoms with Gasteiger partial charge in [-0.3, -0.25) is 0 Å². The normalized spacial score (nSPS) is 18.5. The molecule has 6 rings (SSSR count). The maximum atomic E-state index is 2.68. The third kappa shape index (κ3) is 6.94. The number of benzene rings is 3. The van der Waals surface area contributed by atoms with Crippen molar-refractivity contribution < 1.29 is 22.8 Å². The van der Waals surface area contributed by atoms with Gasteiger partial charge in [-0.2, -0.15) is 0 Å². The number of allylic oxidation sites excluding steroid dienone is 8. The first-order valence-electron chi connectivity index (χ1n) is 20.4. The Morgan fingerprint density at radius 3 is 1.83 bits per heavy atom. The summed E-state index contributed by atoms with van der Waals surface area (Å²) in [5.41, 5.74) is 16.0. The van der Waals surface area contributed by atoms with Crippen molar-refractivity contribution in [2.24, 2.45) is 10.8 Å². The second kappa shape index (κ2) is 15.8. The van der Waals surface area contributed by atoms with Crippen LogP contribution in [0, 0.1) is 10.8 Å². The molecular weight excluding hydrogens is 704 g/mol. The van der Waals surface area contributed by atoms with Gasteiger partial charge in [0.05, 0.1) is 0 Å². The zero-order valence-corrected chi connectivity index (χ0v) is 36.5. The summed E-state index contributed by atoms with van der Waals surface area (Å²) in [5.74, 6) is 0. The van der Waals surface area contributed by atoms with Crippen molar-refractivity contribution in [1.29, 1.82) is 0 Å². The Bertz CT molecular complexity index is 2040. The third-order valence-corrected chi connectivity index (χ3v) is 15.8. The summed E-state index contributed by atoms with van der Waals surface area (Å²) in [5, 5.41) is 3.17. The van der Waals surface area contributed by atoms with E-state index in [9.17, 15) is 0 Å². The van der Waals surface area contributed by atoms with Crippen LogP contribution in [0.3, 0.4) is 0 Å². The molecule has 0 saturated heterocycles. The third-order valence-electron chi connectivity index (χ3n) is 11.9. The molecule has 1 atom stereocenters. The van der Waals surface area contributed by atoms with Crippen molar-refractivity contribution in [3.8, 4) is 0 Å². The van der Waals surface area contributed by atoms with Gasteiger partial charge < -0.3 is 0 Å². The summed E-state index contributed by atoms with van der Waals surface area (Å²) in [6, 6.07) is 28.1. The van der Waals surface area contributed by atoms with E-state index in [1.165, 1.54) is 48.8 Å². The average molecular weight is 767 g/mol. The SMILES string of the molecule is CCCC1=C(CCC)C(CCC)(C(C)(C)C)C(C2=CC=CC2)=C2[C]([Zr]=[C](c3ccccc3)c3ccccc3)=c3cc(C(C)(C)C)cc(CCC)c3=C12. The molecule has 0 N–H and O–H groups in total. The summed E-state index contributed by atoms with van der Waals surface area (Å²) in [6.07, 6.45) is 17.6. The van der Waals surface area contributed by atoms with E-state index >= 15 is 0 Å². The van der Waals surface area contributed by atoms with Crippen LogP contribution in [0.4, 0.5) is 0 Å². The fraction of sp³-hybridized carbons (Fsp3) is 0.431. The Balaban J connectivity index is 1.95. The fourth-order valence-electron chi connectivity index (χ4n) is 9.64. The van der Waals surface area contributed by atoms with Crippen molar-refractivity contribution in [2.45, 2.75) is 132 Å². The van der Waals surface area contributed by atoms with Crippen LogP contribution in [0.15, 0.2) is 119 Å². The molecule has 52 heavy (non-hydrogen) atoms. The maximum absolute atomic E-state index is 2.68. The molecule has 0 spiro atoms. The molecule has 3 aliphatic carbocycles. The molecule has 3 aromatic rings. The van der Waals surface area contributed by atoms with Gasteiger partial charge >= 0.3 is 330 Å². The Morgan fingerprint density at radius 1 is 0.712 bits per heavy atom. The molecule has 0 nitrogen and oxygen atoms in total. The van der Waals surface area contributed by atoms with Crippen molar-refractivity contribution >= 4 is 12.1 Å². The molecule has 271 valence electrons. The summed E-state index contributed by atoms with van der Waals surface area (Å²) in [7, 11) is 0. The predicted molar refractivity (Wildman–Crippen MR) is 224 cm³/mol. The Kier molecular flexibility index (Phi) is 11.8. The van der Waals surface area contributed by atoms with E-state index in [-0.39, 0.29) is 16.2 Å². The number of aryl methyl sites for hydroxylation is 1. The van der Waals surface area contributed by atoms with Gasteiger partial charge in [-0.05, 0) is 0 Å². The molecule has 0 fully saturated rings. The Morgan fingerprint density at radius 2 is 1.33 bits per heavy atom. The van der Waals surface area contributed by atoms with Crippen molar-refractivity contribution in [1.82, 2.24) is 0 Å². The van der Waals surface area contributed by atoms with Gasteiger partial charge in [0.1, 0.15) is 0 Å². The second-order valence-corrected chi connectivity index (χ2v) is 20.5. The van der Waals surface area contributed by atoms with Crippen molar-refractivity contribution in [2.75, 3.05) is 0 Å². The average Bonchev–Trinajstić information content (AvgIpc) is 3.76. The summed E-state index contributed by atoms with van der Waals surface area (Å²) >= 11 is -1.43. The van der Waals surface area contributed by atoms with E-state index in [1.807, 2.05) is 0 Å². The van der Waals surface area contributed by atoms with Crippen LogP contribution < -0.4 is 10.4 Å². The van der Waals surface area contributed by atoms with Gasteiger partial charge in [0.15, 0.2) is 0 Å². The van der Waals surface area contributed by atoms with Crippen LogP contribution in [-0.2, 0) is 34.6 Å². The Labute approximate surface area is 327 Å². The van der Waals surface area contributed by atoms with Crippen molar-refractivity contribution in [3.63, 3.8) is 0 Å². The minimum atomic E-state index is -1.43. The van der Waals surface area contributed by atoms with Crippen LogP contribution in [-0.4, -0.2) is 3.21 Å². The van der Waals surface area contributed by atoms with Crippen LogP contribution >= 0.6 is 0 Å². The van der Waals surface area contributed by atoms with Gasteiger partial charge in [-0.15, -0.1) is 0 Å². The Hall–Kier alpha value is -2.89. The van der Waals surface area contributed by atoms with Gasteiger partial charge in [-0.1, -0.05) is 0 Å². The van der Waals surface area contributed by atoms with Crippen LogP contribution in [0.5, 0.6) is 0 Å². The molecule has 3 aromatic carbocycles. The van der Waals surface area contributed by atoms with Gasteiger partial charge in [-0.25, -0.2) is 0 Å². The molecule has 0 bridgehead atoms. The van der Waals surface area contributed by atoms with Crippen molar-refractivity contribution in [3.05, 3.63) is 152 Å². The molecule has 0 amide bonds. The zero-order chi connectivity index (χ0) is 37.3. The van der Waals surface area contributed by atoms with E-state index in [1.54, 1.807) is 55.9 Å². The summed E-state index contributed by atoms with van der Waals surface area (Å²) < 4.78 is 3.31. The van der Waals surface area contributed by atoms with E-state index < -0.39 is 22.8 Å². The quantitative estimate of drug-likeness (QED) is 0.172. The van der Waals surface area contributed by atoms with Gasteiger partial charge in [0.25, 0.3) is 0 Å². The molecule has 0 heterocycles. The van der Waals surface area contributed by atoms with E-state index in [0.29, 0.717) is 0 Å². The van der Waals surface area contributed by atoms with E-state index in [2.05, 4.69) is 160 Å². The van der Waals surface area contributed by atoms with E-state index in [4.69, 9.17) is 0 Å². The van der Waals surface area contributed by atoms with Crippen LogP contribution in [0.2, 0.25) is 0 Å². The summed E-state index contributed by atoms with van der Waals surface area (Å²) in [4.78, 5) is 0. The molecule has 3 aliphatic rings. The second-order valence-electron chi connectivity index (χ2n) is 17.5. The fourth-order valence-corrected chi connectivity index (χ4v) is 13.5. The monoisotopic (exact) mass is 765 g/mol. The molecule has 1 heteroatoms. The minimum absolute atomic E-state index is 0.0247. The first-order valence-corrected chi connectivity index (χ1v) is 22.9. The molecule has 0 saturated carbocycles. The molecule has 0 aromatic heterocycles. The molecular formula is C51H63Zr. The number of hydrogen-bond donors (Lipinski definition) is 0. The zero-order valence-electron chi connectivity index (χ0n) is 34.0.